The molecular formula is C27H30ClF5N6O3. The highest BCUT2D eigenvalue weighted by molar-refractivity contribution is 6.31. The van der Waals surface area contributed by atoms with Gasteiger partial charge in [0.25, 0.3) is 5.91 Å². The molecule has 0 N–H and O–H groups in total. The Morgan fingerprint density at radius 2 is 1.76 bits per heavy atom. The molecule has 1 aromatic heterocycles. The number of amides is 4. The Bertz CT molecular complexity index is 1370. The van der Waals surface area contributed by atoms with Crippen molar-refractivity contribution in [3.8, 4) is 0 Å². The van der Waals surface area contributed by atoms with Gasteiger partial charge in [-0.3, -0.25) is 19.4 Å². The maximum Gasteiger partial charge on any atom is 0.416 e. The molecule has 1 aromatic carbocycles. The van der Waals surface area contributed by atoms with E-state index in [1.54, 1.807) is 4.90 Å². The Morgan fingerprint density at radius 3 is 2.38 bits per heavy atom. The number of carbonyl (C=O) groups is 3. The lowest BCUT2D eigenvalue weighted by Gasteiger charge is -2.34. The number of carbonyl (C=O) groups excluding carboxylic acids is 3. The van der Waals surface area contributed by atoms with Crippen molar-refractivity contribution >= 4 is 41.0 Å². The SMILES string of the molecule is CC(=O)N1CCN(CCCN2C[C@@H](C(=O)N(C)c3ccc(F)c(Cl)c3F)N(c3cc(C(F)(F)F)cc(C)n3)C2=O)CC1. The number of likely N-dealkylation sites (N-methyl/N-ethyl adjacent to an activating group) is 1. The Kier molecular flexibility index (Phi) is 9.26. The van der Waals surface area contributed by atoms with Crippen LogP contribution in [0.1, 0.15) is 24.6 Å². The summed E-state index contributed by atoms with van der Waals surface area (Å²) in [6.45, 7) is 5.90. The molecule has 1 atom stereocenters. The first kappa shape index (κ1) is 31.4. The van der Waals surface area contributed by atoms with Gasteiger partial charge in [-0.2, -0.15) is 13.2 Å². The van der Waals surface area contributed by atoms with E-state index < -0.39 is 46.4 Å². The monoisotopic (exact) mass is 616 g/mol. The first-order valence-corrected chi connectivity index (χ1v) is 13.6. The van der Waals surface area contributed by atoms with Crippen LogP contribution in [0, 0.1) is 18.6 Å². The molecule has 4 rings (SSSR count). The lowest BCUT2D eigenvalue weighted by molar-refractivity contribution is -0.137. The second-order valence-corrected chi connectivity index (χ2v) is 10.6. The standard InChI is InChI=1S/C27H30ClF5N6O3/c1-16-13-18(27(31,32)33)14-22(34-16)39-21(25(41)35(3)20-6-5-19(29)23(28)24(20)30)15-38(26(39)42)8-4-7-36-9-11-37(12-10-36)17(2)40/h5-6,13-14,21H,4,7-12,15H2,1-3H3/t21-/m0/s1. The van der Waals surface area contributed by atoms with Crippen LogP contribution in [-0.4, -0.2) is 96.4 Å². The highest BCUT2D eigenvalue weighted by Gasteiger charge is 2.45. The molecule has 42 heavy (non-hydrogen) atoms. The Labute approximate surface area is 244 Å². The topological polar surface area (TPSA) is 80.3 Å². The molecule has 2 saturated heterocycles. The molecule has 2 aliphatic rings. The van der Waals surface area contributed by atoms with Gasteiger partial charge in [0, 0.05) is 52.4 Å². The summed E-state index contributed by atoms with van der Waals surface area (Å²) in [4.78, 5) is 49.9. The van der Waals surface area contributed by atoms with Crippen molar-refractivity contribution in [3.05, 3.63) is 52.2 Å². The van der Waals surface area contributed by atoms with Crippen molar-refractivity contribution < 1.29 is 36.3 Å². The predicted octanol–water partition coefficient (Wildman–Crippen LogP) is 4.17. The molecular weight excluding hydrogens is 587 g/mol. The molecule has 2 aliphatic heterocycles. The average molecular weight is 617 g/mol. The highest BCUT2D eigenvalue weighted by atomic mass is 35.5. The smallest absolute Gasteiger partial charge is 0.340 e. The molecule has 2 fully saturated rings. The van der Waals surface area contributed by atoms with Gasteiger partial charge in [-0.05, 0) is 44.2 Å². The molecule has 228 valence electrons. The van der Waals surface area contributed by atoms with Crippen molar-refractivity contribution in [2.45, 2.75) is 32.5 Å². The van der Waals surface area contributed by atoms with Gasteiger partial charge >= 0.3 is 12.2 Å². The Balaban J connectivity index is 1.58. The van der Waals surface area contributed by atoms with Crippen LogP contribution in [0.25, 0.3) is 0 Å². The van der Waals surface area contributed by atoms with E-state index in [0.717, 1.165) is 28.0 Å². The van der Waals surface area contributed by atoms with E-state index in [0.29, 0.717) is 45.2 Å². The van der Waals surface area contributed by atoms with Crippen molar-refractivity contribution in [1.29, 1.82) is 0 Å². The van der Waals surface area contributed by atoms with Crippen LogP contribution in [-0.2, 0) is 15.8 Å². The van der Waals surface area contributed by atoms with E-state index >= 15 is 0 Å². The van der Waals surface area contributed by atoms with Gasteiger partial charge in [0.15, 0.2) is 5.82 Å². The lowest BCUT2D eigenvalue weighted by Crippen LogP contribution is -2.48. The molecule has 15 heteroatoms. The summed E-state index contributed by atoms with van der Waals surface area (Å²) < 4.78 is 69.3. The van der Waals surface area contributed by atoms with E-state index in [1.165, 1.54) is 25.8 Å². The molecule has 0 radical (unpaired) electrons. The second kappa shape index (κ2) is 12.4. The summed E-state index contributed by atoms with van der Waals surface area (Å²) in [5, 5.41) is -0.826. The van der Waals surface area contributed by atoms with Crippen molar-refractivity contribution in [3.63, 3.8) is 0 Å². The number of nitrogens with zero attached hydrogens (tertiary/aromatic N) is 6. The van der Waals surface area contributed by atoms with Gasteiger partial charge in [0.1, 0.15) is 22.7 Å². The summed E-state index contributed by atoms with van der Waals surface area (Å²) >= 11 is 5.68. The summed E-state index contributed by atoms with van der Waals surface area (Å²) in [7, 11) is 1.20. The molecule has 3 heterocycles. The maximum absolute atomic E-state index is 14.8. The fourth-order valence-corrected chi connectivity index (χ4v) is 5.27. The van der Waals surface area contributed by atoms with E-state index in [2.05, 4.69) is 9.88 Å². The minimum Gasteiger partial charge on any atom is -0.340 e. The third kappa shape index (κ3) is 6.59. The maximum atomic E-state index is 14.8. The minimum atomic E-state index is -4.73. The number of aryl methyl sites for hydroxylation is 1. The normalized spacial score (nSPS) is 18.2. The van der Waals surface area contributed by atoms with Gasteiger partial charge < -0.3 is 14.7 Å². The average Bonchev–Trinajstić information content (AvgIpc) is 3.26. The van der Waals surface area contributed by atoms with Crippen LogP contribution in [0.3, 0.4) is 0 Å². The van der Waals surface area contributed by atoms with E-state index in [1.807, 2.05) is 0 Å². The third-order valence-corrected chi connectivity index (χ3v) is 7.75. The van der Waals surface area contributed by atoms with Gasteiger partial charge in [0.2, 0.25) is 5.91 Å². The summed E-state index contributed by atoms with van der Waals surface area (Å²) in [6, 6.07) is 1.31. The first-order chi connectivity index (χ1) is 19.7. The molecule has 0 spiro atoms. The fourth-order valence-electron chi connectivity index (χ4n) is 5.11. The number of anilines is 2. The number of rotatable bonds is 7. The Morgan fingerprint density at radius 1 is 1.10 bits per heavy atom. The zero-order valence-corrected chi connectivity index (χ0v) is 24.0. The zero-order chi connectivity index (χ0) is 30.9. The number of pyridine rings is 1. The van der Waals surface area contributed by atoms with E-state index in [-0.39, 0.29) is 36.2 Å². The lowest BCUT2D eigenvalue weighted by atomic mass is 10.1. The fraction of sp³-hybridized carbons (Fsp3) is 0.481. The molecule has 2 aromatic rings. The second-order valence-electron chi connectivity index (χ2n) is 10.3. The van der Waals surface area contributed by atoms with Crippen molar-refractivity contribution in [2.75, 3.05) is 62.7 Å². The largest absolute Gasteiger partial charge is 0.416 e. The summed E-state index contributed by atoms with van der Waals surface area (Å²) in [5.41, 5.74) is -1.43. The molecule has 0 unspecified atom stereocenters. The van der Waals surface area contributed by atoms with Crippen molar-refractivity contribution in [1.82, 2.24) is 19.7 Å². The molecule has 4 amide bonds. The molecule has 0 saturated carbocycles. The molecule has 0 aliphatic carbocycles. The number of benzene rings is 1. The van der Waals surface area contributed by atoms with Gasteiger partial charge in [0.05, 0.1) is 17.8 Å². The van der Waals surface area contributed by atoms with Crippen LogP contribution in [0.15, 0.2) is 24.3 Å². The minimum absolute atomic E-state index is 0.000639. The van der Waals surface area contributed by atoms with Gasteiger partial charge in [-0.25, -0.2) is 18.6 Å². The van der Waals surface area contributed by atoms with Gasteiger partial charge in [-0.1, -0.05) is 11.6 Å². The van der Waals surface area contributed by atoms with Crippen LogP contribution in [0.5, 0.6) is 0 Å². The van der Waals surface area contributed by atoms with Crippen molar-refractivity contribution in [2.24, 2.45) is 0 Å². The Hall–Kier alpha value is -3.52. The van der Waals surface area contributed by atoms with Crippen LogP contribution in [0.2, 0.25) is 5.02 Å². The predicted molar refractivity (Wildman–Crippen MR) is 145 cm³/mol. The van der Waals surface area contributed by atoms with Crippen LogP contribution >= 0.6 is 11.6 Å². The van der Waals surface area contributed by atoms with Gasteiger partial charge in [-0.15, -0.1) is 0 Å². The third-order valence-electron chi connectivity index (χ3n) is 7.41. The number of alkyl halides is 3. The number of hydrogen-bond acceptors (Lipinski definition) is 5. The first-order valence-electron chi connectivity index (χ1n) is 13.2. The summed E-state index contributed by atoms with van der Waals surface area (Å²) in [5.74, 6) is -3.43. The molecule has 0 bridgehead atoms. The number of piperazine rings is 1. The number of halogens is 6. The van der Waals surface area contributed by atoms with Crippen LogP contribution < -0.4 is 9.80 Å². The highest BCUT2D eigenvalue weighted by Crippen LogP contribution is 2.35. The number of urea groups is 1. The number of hydrogen-bond donors (Lipinski definition) is 0. The van der Waals surface area contributed by atoms with Crippen LogP contribution in [0.4, 0.5) is 38.3 Å². The molecule has 9 nitrogen and oxygen atoms in total. The number of aromatic nitrogens is 1. The zero-order valence-electron chi connectivity index (χ0n) is 23.2. The quantitative estimate of drug-likeness (QED) is 0.345. The summed E-state index contributed by atoms with van der Waals surface area (Å²) in [6.07, 6.45) is -4.24. The van der Waals surface area contributed by atoms with E-state index in [4.69, 9.17) is 11.6 Å². The van der Waals surface area contributed by atoms with E-state index in [9.17, 15) is 36.3 Å².